The van der Waals surface area contributed by atoms with Gasteiger partial charge in [-0.05, 0) is 13.3 Å². The first kappa shape index (κ1) is 9.01. The second kappa shape index (κ2) is 3.55. The van der Waals surface area contributed by atoms with Crippen LogP contribution in [0.15, 0.2) is 0 Å². The molecule has 2 heteroatoms. The molecule has 0 N–H and O–H groups in total. The molecule has 1 rings (SSSR count). The van der Waals surface area contributed by atoms with Crippen molar-refractivity contribution in [1.29, 1.82) is 0 Å². The summed E-state index contributed by atoms with van der Waals surface area (Å²) in [5.41, 5.74) is 0. The van der Waals surface area contributed by atoms with Crippen LogP contribution in [0.4, 0.5) is 0 Å². The molecular weight excluding hydrogens is 140 g/mol. The molecule has 2 nitrogen and oxygen atoms in total. The van der Waals surface area contributed by atoms with Gasteiger partial charge >= 0.3 is 0 Å². The average molecular weight is 158 g/mol. The lowest BCUT2D eigenvalue weighted by molar-refractivity contribution is -0.00350. The van der Waals surface area contributed by atoms with E-state index in [2.05, 4.69) is 20.8 Å². The average Bonchev–Trinajstić information content (AvgIpc) is 2.28. The van der Waals surface area contributed by atoms with Crippen LogP contribution >= 0.6 is 0 Å². The minimum Gasteiger partial charge on any atom is -0.378 e. The highest BCUT2D eigenvalue weighted by molar-refractivity contribution is 4.86. The van der Waals surface area contributed by atoms with E-state index in [1.54, 1.807) is 7.11 Å². The fourth-order valence-corrected chi connectivity index (χ4v) is 1.78. The van der Waals surface area contributed by atoms with E-state index in [4.69, 9.17) is 9.47 Å². The highest BCUT2D eigenvalue weighted by Crippen LogP contribution is 2.29. The Hall–Kier alpha value is -0.0800. The lowest BCUT2D eigenvalue weighted by Gasteiger charge is -2.17. The molecule has 0 aromatic heterocycles. The van der Waals surface area contributed by atoms with Crippen LogP contribution in [0.1, 0.15) is 27.2 Å². The molecule has 0 saturated carbocycles. The van der Waals surface area contributed by atoms with Gasteiger partial charge in [0.25, 0.3) is 0 Å². The van der Waals surface area contributed by atoms with Crippen LogP contribution in [0.3, 0.4) is 0 Å². The van der Waals surface area contributed by atoms with Gasteiger partial charge in [0.15, 0.2) is 0 Å². The van der Waals surface area contributed by atoms with Crippen molar-refractivity contribution in [3.63, 3.8) is 0 Å². The molecule has 4 atom stereocenters. The maximum atomic E-state index is 5.70. The highest BCUT2D eigenvalue weighted by Gasteiger charge is 2.38. The summed E-state index contributed by atoms with van der Waals surface area (Å²) in [5.74, 6) is 0.532. The molecule has 0 aromatic carbocycles. The highest BCUT2D eigenvalue weighted by atomic mass is 16.6. The molecule has 0 radical (unpaired) electrons. The molecule has 0 spiro atoms. The van der Waals surface area contributed by atoms with Gasteiger partial charge < -0.3 is 9.47 Å². The largest absolute Gasteiger partial charge is 0.378 e. The third-order valence-electron chi connectivity index (χ3n) is 2.69. The lowest BCUT2D eigenvalue weighted by Crippen LogP contribution is -2.27. The van der Waals surface area contributed by atoms with Crippen molar-refractivity contribution in [2.75, 3.05) is 7.11 Å². The first-order valence-electron chi connectivity index (χ1n) is 4.39. The van der Waals surface area contributed by atoms with Crippen molar-refractivity contribution < 1.29 is 9.47 Å². The van der Waals surface area contributed by atoms with Crippen molar-refractivity contribution in [3.8, 4) is 0 Å². The van der Waals surface area contributed by atoms with E-state index in [-0.39, 0.29) is 0 Å². The third-order valence-corrected chi connectivity index (χ3v) is 2.69. The first-order chi connectivity index (χ1) is 5.20. The standard InChI is InChI=1S/C9H18O2/c1-5-8-9(10-4)6(2)7(3)11-8/h6-9H,5H2,1-4H3/t6?,7-,8+,9?/m0/s1. The number of ether oxygens (including phenoxy) is 2. The number of hydrogen-bond donors (Lipinski definition) is 0. The summed E-state index contributed by atoms with van der Waals surface area (Å²) in [6, 6.07) is 0. The van der Waals surface area contributed by atoms with E-state index in [1.807, 2.05) is 0 Å². The van der Waals surface area contributed by atoms with E-state index >= 15 is 0 Å². The number of methoxy groups -OCH3 is 1. The van der Waals surface area contributed by atoms with Crippen molar-refractivity contribution in [2.24, 2.45) is 5.92 Å². The normalized spacial score (nSPS) is 44.7. The van der Waals surface area contributed by atoms with E-state index in [0.717, 1.165) is 6.42 Å². The molecule has 0 bridgehead atoms. The topological polar surface area (TPSA) is 18.5 Å². The zero-order chi connectivity index (χ0) is 8.43. The summed E-state index contributed by atoms with van der Waals surface area (Å²) in [7, 11) is 1.77. The van der Waals surface area contributed by atoms with Crippen LogP contribution in [-0.4, -0.2) is 25.4 Å². The molecule has 1 aliphatic rings. The Balaban J connectivity index is 2.57. The summed E-state index contributed by atoms with van der Waals surface area (Å²) in [5, 5.41) is 0. The molecule has 0 amide bonds. The molecule has 11 heavy (non-hydrogen) atoms. The number of rotatable bonds is 2. The van der Waals surface area contributed by atoms with Crippen molar-refractivity contribution in [2.45, 2.75) is 45.5 Å². The summed E-state index contributed by atoms with van der Waals surface area (Å²) in [6.45, 7) is 6.45. The monoisotopic (exact) mass is 158 g/mol. The fourth-order valence-electron chi connectivity index (χ4n) is 1.78. The lowest BCUT2D eigenvalue weighted by atomic mass is 9.98. The summed E-state index contributed by atoms with van der Waals surface area (Å²) in [6.07, 6.45) is 2.01. The fraction of sp³-hybridized carbons (Fsp3) is 1.00. The first-order valence-corrected chi connectivity index (χ1v) is 4.39. The Labute approximate surface area is 68.9 Å². The second-order valence-corrected chi connectivity index (χ2v) is 3.35. The van der Waals surface area contributed by atoms with Gasteiger partial charge in [-0.25, -0.2) is 0 Å². The predicted octanol–water partition coefficient (Wildman–Crippen LogP) is 1.83. The summed E-state index contributed by atoms with van der Waals surface area (Å²) in [4.78, 5) is 0. The maximum absolute atomic E-state index is 5.70. The zero-order valence-electron chi connectivity index (χ0n) is 7.83. The molecule has 1 fully saturated rings. The van der Waals surface area contributed by atoms with E-state index in [9.17, 15) is 0 Å². The third kappa shape index (κ3) is 1.57. The van der Waals surface area contributed by atoms with Crippen molar-refractivity contribution in [3.05, 3.63) is 0 Å². The quantitative estimate of drug-likeness (QED) is 0.610. The second-order valence-electron chi connectivity index (χ2n) is 3.35. The zero-order valence-corrected chi connectivity index (χ0v) is 7.83. The molecular formula is C9H18O2. The SMILES string of the molecule is CC[C@H]1O[C@@H](C)C(C)C1OC. The Bertz CT molecular complexity index is 125. The van der Waals surface area contributed by atoms with Crippen molar-refractivity contribution >= 4 is 0 Å². The van der Waals surface area contributed by atoms with Crippen LogP contribution in [0.2, 0.25) is 0 Å². The van der Waals surface area contributed by atoms with Crippen LogP contribution < -0.4 is 0 Å². The number of hydrogen-bond acceptors (Lipinski definition) is 2. The van der Waals surface area contributed by atoms with Gasteiger partial charge in [-0.1, -0.05) is 13.8 Å². The van der Waals surface area contributed by atoms with Crippen LogP contribution in [0, 0.1) is 5.92 Å². The summed E-state index contributed by atoms with van der Waals surface area (Å²) >= 11 is 0. The van der Waals surface area contributed by atoms with Gasteiger partial charge in [0, 0.05) is 13.0 Å². The van der Waals surface area contributed by atoms with Gasteiger partial charge in [-0.3, -0.25) is 0 Å². The summed E-state index contributed by atoms with van der Waals surface area (Å²) < 4.78 is 11.1. The molecule has 66 valence electrons. The van der Waals surface area contributed by atoms with Gasteiger partial charge in [0.05, 0.1) is 18.3 Å². The Morgan fingerprint density at radius 3 is 2.36 bits per heavy atom. The van der Waals surface area contributed by atoms with Crippen LogP contribution in [0.5, 0.6) is 0 Å². The van der Waals surface area contributed by atoms with Crippen LogP contribution in [0.25, 0.3) is 0 Å². The van der Waals surface area contributed by atoms with Gasteiger partial charge in [0.2, 0.25) is 0 Å². The molecule has 0 aromatic rings. The van der Waals surface area contributed by atoms with E-state index in [0.29, 0.717) is 24.2 Å². The van der Waals surface area contributed by atoms with E-state index < -0.39 is 0 Å². The Kier molecular flexibility index (Phi) is 2.90. The molecule has 1 saturated heterocycles. The maximum Gasteiger partial charge on any atom is 0.0882 e. The molecule has 1 heterocycles. The van der Waals surface area contributed by atoms with Crippen molar-refractivity contribution in [1.82, 2.24) is 0 Å². The van der Waals surface area contributed by atoms with Gasteiger partial charge in [-0.15, -0.1) is 0 Å². The van der Waals surface area contributed by atoms with E-state index in [1.165, 1.54) is 0 Å². The molecule has 0 aliphatic carbocycles. The Morgan fingerprint density at radius 1 is 1.36 bits per heavy atom. The predicted molar refractivity (Wildman–Crippen MR) is 44.6 cm³/mol. The van der Waals surface area contributed by atoms with Gasteiger partial charge in [-0.2, -0.15) is 0 Å². The van der Waals surface area contributed by atoms with Gasteiger partial charge in [0.1, 0.15) is 0 Å². The minimum atomic E-state index is 0.301. The molecule has 1 aliphatic heterocycles. The molecule has 2 unspecified atom stereocenters. The minimum absolute atomic E-state index is 0.301. The van der Waals surface area contributed by atoms with Crippen LogP contribution in [-0.2, 0) is 9.47 Å². The smallest absolute Gasteiger partial charge is 0.0882 e. The Morgan fingerprint density at radius 2 is 2.00 bits per heavy atom.